The number of nitrogens with two attached hydrogens (primary N) is 1. The Morgan fingerprint density at radius 1 is 1.31 bits per heavy atom. The molecule has 16 heavy (non-hydrogen) atoms. The van der Waals surface area contributed by atoms with Gasteiger partial charge in [-0.2, -0.15) is 5.10 Å². The molecule has 1 heterocycles. The Bertz CT molecular complexity index is 523. The zero-order valence-corrected chi connectivity index (χ0v) is 9.33. The normalized spacial score (nSPS) is 17.4. The van der Waals surface area contributed by atoms with Gasteiger partial charge in [-0.1, -0.05) is 23.8 Å². The molecule has 0 spiro atoms. The van der Waals surface area contributed by atoms with Crippen molar-refractivity contribution in [2.45, 2.75) is 25.3 Å². The smallest absolute Gasteiger partial charge is 0.0924 e. The van der Waals surface area contributed by atoms with Crippen LogP contribution in [0.25, 0.3) is 11.3 Å². The number of hydrogen-bond acceptors (Lipinski definition) is 2. The molecular weight excluding hydrogens is 198 g/mol. The van der Waals surface area contributed by atoms with Crippen molar-refractivity contribution in [3.8, 4) is 11.3 Å². The largest absolute Gasteiger partial charge is 0.320 e. The second kappa shape index (κ2) is 3.19. The summed E-state index contributed by atoms with van der Waals surface area (Å²) in [5.41, 5.74) is 10.4. The maximum atomic E-state index is 6.12. The number of H-pyrrole nitrogens is 1. The maximum Gasteiger partial charge on any atom is 0.0924 e. The monoisotopic (exact) mass is 213 g/mol. The number of aryl methyl sites for hydroxylation is 1. The fourth-order valence-corrected chi connectivity index (χ4v) is 1.93. The van der Waals surface area contributed by atoms with Crippen LogP contribution in [0.2, 0.25) is 0 Å². The van der Waals surface area contributed by atoms with Crippen molar-refractivity contribution in [1.82, 2.24) is 10.2 Å². The molecule has 0 amide bonds. The lowest BCUT2D eigenvalue weighted by Crippen LogP contribution is -2.18. The van der Waals surface area contributed by atoms with E-state index in [1.807, 2.05) is 6.07 Å². The summed E-state index contributed by atoms with van der Waals surface area (Å²) in [6.07, 6.45) is 2.12. The van der Waals surface area contributed by atoms with Gasteiger partial charge in [0.15, 0.2) is 0 Å². The van der Waals surface area contributed by atoms with Crippen LogP contribution in [0.1, 0.15) is 24.1 Å². The van der Waals surface area contributed by atoms with E-state index in [1.54, 1.807) is 0 Å². The van der Waals surface area contributed by atoms with Gasteiger partial charge < -0.3 is 5.73 Å². The summed E-state index contributed by atoms with van der Waals surface area (Å²) in [6, 6.07) is 10.4. The molecule has 0 aliphatic heterocycles. The molecule has 0 bridgehead atoms. The fraction of sp³-hybridized carbons (Fsp3) is 0.308. The van der Waals surface area contributed by atoms with Crippen molar-refractivity contribution in [1.29, 1.82) is 0 Å². The number of nitrogens with one attached hydrogen (secondary N) is 1. The summed E-state index contributed by atoms with van der Waals surface area (Å²) < 4.78 is 0. The molecule has 0 atom stereocenters. The SMILES string of the molecule is Cc1cccc(-c2cc(C3(N)CC3)[nH]n2)c1. The molecule has 82 valence electrons. The van der Waals surface area contributed by atoms with Gasteiger partial charge in [0.2, 0.25) is 0 Å². The number of benzene rings is 1. The van der Waals surface area contributed by atoms with Crippen LogP contribution < -0.4 is 5.73 Å². The summed E-state index contributed by atoms with van der Waals surface area (Å²) in [6.45, 7) is 2.09. The Morgan fingerprint density at radius 3 is 2.81 bits per heavy atom. The van der Waals surface area contributed by atoms with E-state index in [1.165, 1.54) is 5.56 Å². The Hall–Kier alpha value is -1.61. The lowest BCUT2D eigenvalue weighted by Gasteiger charge is -2.02. The maximum absolute atomic E-state index is 6.12. The van der Waals surface area contributed by atoms with Crippen molar-refractivity contribution < 1.29 is 0 Å². The molecule has 1 saturated carbocycles. The number of hydrogen-bond donors (Lipinski definition) is 2. The number of aromatic nitrogens is 2. The van der Waals surface area contributed by atoms with Gasteiger partial charge >= 0.3 is 0 Å². The zero-order valence-electron chi connectivity index (χ0n) is 9.33. The predicted octanol–water partition coefficient (Wildman–Crippen LogP) is 2.33. The van der Waals surface area contributed by atoms with E-state index in [0.29, 0.717) is 0 Å². The van der Waals surface area contributed by atoms with Gasteiger partial charge in [0, 0.05) is 5.56 Å². The van der Waals surface area contributed by atoms with Crippen LogP contribution in [0.3, 0.4) is 0 Å². The van der Waals surface area contributed by atoms with Crippen LogP contribution in [-0.4, -0.2) is 10.2 Å². The molecule has 0 radical (unpaired) electrons. The van der Waals surface area contributed by atoms with E-state index < -0.39 is 0 Å². The molecule has 2 aromatic rings. The molecule has 3 rings (SSSR count). The van der Waals surface area contributed by atoms with E-state index >= 15 is 0 Å². The van der Waals surface area contributed by atoms with Gasteiger partial charge in [-0.3, -0.25) is 5.10 Å². The number of aromatic amines is 1. The third kappa shape index (κ3) is 1.53. The predicted molar refractivity (Wildman–Crippen MR) is 63.9 cm³/mol. The molecule has 1 fully saturated rings. The Labute approximate surface area is 94.7 Å². The van der Waals surface area contributed by atoms with Crippen molar-refractivity contribution in [3.63, 3.8) is 0 Å². The van der Waals surface area contributed by atoms with E-state index in [9.17, 15) is 0 Å². The molecule has 0 unspecified atom stereocenters. The third-order valence-corrected chi connectivity index (χ3v) is 3.22. The highest BCUT2D eigenvalue weighted by molar-refractivity contribution is 5.60. The zero-order chi connectivity index (χ0) is 11.2. The highest BCUT2D eigenvalue weighted by Gasteiger charge is 2.41. The van der Waals surface area contributed by atoms with Crippen molar-refractivity contribution in [2.75, 3.05) is 0 Å². The Morgan fingerprint density at radius 2 is 2.12 bits per heavy atom. The first-order valence-corrected chi connectivity index (χ1v) is 5.59. The highest BCUT2D eigenvalue weighted by Crippen LogP contribution is 2.42. The number of nitrogens with zero attached hydrogens (tertiary/aromatic N) is 1. The van der Waals surface area contributed by atoms with Crippen molar-refractivity contribution in [3.05, 3.63) is 41.6 Å². The molecule has 3 heteroatoms. The quantitative estimate of drug-likeness (QED) is 0.804. The number of rotatable bonds is 2. The van der Waals surface area contributed by atoms with Crippen molar-refractivity contribution in [2.24, 2.45) is 5.73 Å². The van der Waals surface area contributed by atoms with Crippen LogP contribution >= 0.6 is 0 Å². The Balaban J connectivity index is 1.98. The van der Waals surface area contributed by atoms with Crippen LogP contribution in [0.4, 0.5) is 0 Å². The second-order valence-corrected chi connectivity index (χ2v) is 4.69. The minimum atomic E-state index is -0.130. The minimum Gasteiger partial charge on any atom is -0.320 e. The standard InChI is InChI=1S/C13H15N3/c1-9-3-2-4-10(7-9)11-8-12(16-15-11)13(14)5-6-13/h2-4,7-8H,5-6,14H2,1H3,(H,15,16). The summed E-state index contributed by atoms with van der Waals surface area (Å²) in [4.78, 5) is 0. The van der Waals surface area contributed by atoms with Gasteiger partial charge in [0.05, 0.1) is 16.9 Å². The van der Waals surface area contributed by atoms with E-state index in [4.69, 9.17) is 5.73 Å². The molecular formula is C13H15N3. The summed E-state index contributed by atoms with van der Waals surface area (Å²) in [7, 11) is 0. The molecule has 1 aliphatic carbocycles. The second-order valence-electron chi connectivity index (χ2n) is 4.69. The first-order valence-electron chi connectivity index (χ1n) is 5.59. The fourth-order valence-electron chi connectivity index (χ4n) is 1.93. The average molecular weight is 213 g/mol. The highest BCUT2D eigenvalue weighted by atomic mass is 15.1. The average Bonchev–Trinajstić information content (AvgIpc) is 2.83. The molecule has 1 aliphatic rings. The molecule has 1 aromatic carbocycles. The van der Waals surface area contributed by atoms with Gasteiger partial charge in [-0.05, 0) is 31.9 Å². The van der Waals surface area contributed by atoms with Crippen LogP contribution in [-0.2, 0) is 5.54 Å². The minimum absolute atomic E-state index is 0.130. The van der Waals surface area contributed by atoms with Crippen molar-refractivity contribution >= 4 is 0 Å². The molecule has 3 N–H and O–H groups in total. The topological polar surface area (TPSA) is 54.7 Å². The first-order chi connectivity index (χ1) is 7.67. The molecule has 0 saturated heterocycles. The van der Waals surface area contributed by atoms with Crippen LogP contribution in [0.5, 0.6) is 0 Å². The third-order valence-electron chi connectivity index (χ3n) is 3.22. The lowest BCUT2D eigenvalue weighted by molar-refractivity contribution is 0.702. The van der Waals surface area contributed by atoms with Gasteiger partial charge in [-0.15, -0.1) is 0 Å². The van der Waals surface area contributed by atoms with E-state index in [0.717, 1.165) is 29.8 Å². The summed E-state index contributed by atoms with van der Waals surface area (Å²) in [5.74, 6) is 0. The van der Waals surface area contributed by atoms with E-state index in [2.05, 4.69) is 41.4 Å². The molecule has 1 aromatic heterocycles. The van der Waals surface area contributed by atoms with E-state index in [-0.39, 0.29) is 5.54 Å². The first kappa shape index (κ1) is 9.60. The molecule has 3 nitrogen and oxygen atoms in total. The lowest BCUT2D eigenvalue weighted by atomic mass is 10.1. The summed E-state index contributed by atoms with van der Waals surface area (Å²) >= 11 is 0. The van der Waals surface area contributed by atoms with Gasteiger partial charge in [0.1, 0.15) is 0 Å². The van der Waals surface area contributed by atoms with Gasteiger partial charge in [-0.25, -0.2) is 0 Å². The van der Waals surface area contributed by atoms with Crippen LogP contribution in [0.15, 0.2) is 30.3 Å². The van der Waals surface area contributed by atoms with Crippen LogP contribution in [0, 0.1) is 6.92 Å². The Kier molecular flexibility index (Phi) is 1.91. The summed E-state index contributed by atoms with van der Waals surface area (Å²) in [5, 5.41) is 7.38. The van der Waals surface area contributed by atoms with Gasteiger partial charge in [0.25, 0.3) is 0 Å².